The van der Waals surface area contributed by atoms with Crippen molar-refractivity contribution >= 4 is 28.6 Å². The van der Waals surface area contributed by atoms with E-state index in [1.807, 2.05) is 0 Å². The van der Waals surface area contributed by atoms with E-state index in [9.17, 15) is 15.2 Å². The molecule has 7 heteroatoms. The second-order valence-corrected chi connectivity index (χ2v) is 5.96. The van der Waals surface area contributed by atoms with Gasteiger partial charge in [-0.25, -0.2) is 0 Å². The molecule has 5 nitrogen and oxygen atoms in total. The molecule has 0 bridgehead atoms. The third-order valence-corrected chi connectivity index (χ3v) is 4.04. The Morgan fingerprint density at radius 3 is 2.85 bits per heavy atom. The second-order valence-electron chi connectivity index (χ2n) is 4.22. The molecule has 106 valence electrons. The summed E-state index contributed by atoms with van der Waals surface area (Å²) in [7, 11) is 0. The third-order valence-electron chi connectivity index (χ3n) is 2.71. The van der Waals surface area contributed by atoms with Crippen molar-refractivity contribution in [1.29, 1.82) is 0 Å². The highest BCUT2D eigenvalue weighted by molar-refractivity contribution is 7.16. The van der Waals surface area contributed by atoms with Crippen molar-refractivity contribution in [3.8, 4) is 0 Å². The number of rotatable bonds is 6. The average molecular weight is 313 g/mol. The zero-order chi connectivity index (χ0) is 14.5. The average Bonchev–Trinajstić information content (AvgIpc) is 2.86. The maximum absolute atomic E-state index is 10.7. The summed E-state index contributed by atoms with van der Waals surface area (Å²) in [5.74, 6) is 0. The number of nitrogens with zero attached hydrogens (tertiary/aromatic N) is 1. The van der Waals surface area contributed by atoms with Gasteiger partial charge in [-0.05, 0) is 17.7 Å². The molecule has 0 aliphatic rings. The lowest BCUT2D eigenvalue weighted by Crippen LogP contribution is -2.20. The van der Waals surface area contributed by atoms with Gasteiger partial charge in [-0.1, -0.05) is 23.7 Å². The molecule has 0 saturated carbocycles. The predicted octanol–water partition coefficient (Wildman–Crippen LogP) is 3.13. The minimum Gasteiger partial charge on any atom is -0.386 e. The van der Waals surface area contributed by atoms with Gasteiger partial charge in [-0.15, -0.1) is 11.3 Å². The van der Waals surface area contributed by atoms with E-state index in [1.165, 1.54) is 23.5 Å². The van der Waals surface area contributed by atoms with Crippen LogP contribution in [-0.2, 0) is 6.54 Å². The van der Waals surface area contributed by atoms with Crippen LogP contribution in [0.4, 0.5) is 5.69 Å². The van der Waals surface area contributed by atoms with Gasteiger partial charge in [-0.2, -0.15) is 0 Å². The lowest BCUT2D eigenvalue weighted by Gasteiger charge is -2.10. The van der Waals surface area contributed by atoms with Crippen LogP contribution in [0, 0.1) is 10.1 Å². The van der Waals surface area contributed by atoms with Crippen LogP contribution in [0.3, 0.4) is 0 Å². The number of halogens is 1. The minimum absolute atomic E-state index is 0.0647. The van der Waals surface area contributed by atoms with Crippen molar-refractivity contribution in [3.63, 3.8) is 0 Å². The molecular formula is C13H13ClN2O3S. The Morgan fingerprint density at radius 2 is 2.20 bits per heavy atom. The van der Waals surface area contributed by atoms with Crippen molar-refractivity contribution in [3.05, 3.63) is 61.3 Å². The number of aliphatic hydroxyl groups is 1. The Labute approximate surface area is 125 Å². The van der Waals surface area contributed by atoms with Crippen LogP contribution in [0.15, 0.2) is 36.4 Å². The summed E-state index contributed by atoms with van der Waals surface area (Å²) in [6, 6.07) is 9.93. The van der Waals surface area contributed by atoms with Crippen LogP contribution < -0.4 is 5.32 Å². The molecule has 0 fully saturated rings. The van der Waals surface area contributed by atoms with E-state index in [0.29, 0.717) is 17.4 Å². The molecule has 0 radical (unpaired) electrons. The second kappa shape index (κ2) is 6.81. The third kappa shape index (κ3) is 4.01. The molecule has 0 saturated heterocycles. The van der Waals surface area contributed by atoms with E-state index >= 15 is 0 Å². The van der Waals surface area contributed by atoms with Crippen molar-refractivity contribution in [1.82, 2.24) is 5.32 Å². The van der Waals surface area contributed by atoms with Crippen molar-refractivity contribution < 1.29 is 10.0 Å². The number of nitro groups is 1. The lowest BCUT2D eigenvalue weighted by atomic mass is 10.2. The first-order valence-electron chi connectivity index (χ1n) is 5.93. The number of hydrogen-bond donors (Lipinski definition) is 2. The summed E-state index contributed by atoms with van der Waals surface area (Å²) >= 11 is 7.14. The molecule has 20 heavy (non-hydrogen) atoms. The summed E-state index contributed by atoms with van der Waals surface area (Å²) in [4.78, 5) is 11.0. The number of nitrogens with one attached hydrogen (secondary N) is 1. The summed E-state index contributed by atoms with van der Waals surface area (Å²) in [6.07, 6.45) is -0.633. The Morgan fingerprint density at radius 1 is 1.40 bits per heavy atom. The zero-order valence-electron chi connectivity index (χ0n) is 10.5. The van der Waals surface area contributed by atoms with Gasteiger partial charge in [0.05, 0.1) is 9.26 Å². The topological polar surface area (TPSA) is 75.4 Å². The van der Waals surface area contributed by atoms with Crippen LogP contribution in [0.2, 0.25) is 4.34 Å². The van der Waals surface area contributed by atoms with E-state index < -0.39 is 11.0 Å². The molecule has 0 spiro atoms. The maximum Gasteiger partial charge on any atom is 0.269 e. The molecule has 1 heterocycles. The molecule has 0 aliphatic heterocycles. The van der Waals surface area contributed by atoms with Gasteiger partial charge in [0.25, 0.3) is 5.69 Å². The number of aliphatic hydroxyl groups excluding tert-OH is 1. The molecule has 2 rings (SSSR count). The number of thiophene rings is 1. The largest absolute Gasteiger partial charge is 0.386 e. The van der Waals surface area contributed by atoms with Crippen molar-refractivity contribution in [2.24, 2.45) is 0 Å². The Bertz CT molecular complexity index is 603. The molecule has 1 aromatic heterocycles. The van der Waals surface area contributed by atoms with Crippen LogP contribution >= 0.6 is 22.9 Å². The molecular weight excluding hydrogens is 300 g/mol. The summed E-state index contributed by atoms with van der Waals surface area (Å²) in [5, 5.41) is 23.7. The Hall–Kier alpha value is -1.47. The van der Waals surface area contributed by atoms with E-state index in [4.69, 9.17) is 11.6 Å². The zero-order valence-corrected chi connectivity index (χ0v) is 12.0. The molecule has 1 aromatic carbocycles. The van der Waals surface area contributed by atoms with Gasteiger partial charge < -0.3 is 10.4 Å². The first-order valence-corrected chi connectivity index (χ1v) is 7.13. The van der Waals surface area contributed by atoms with Crippen LogP contribution in [0.1, 0.15) is 16.5 Å². The maximum atomic E-state index is 10.7. The van der Waals surface area contributed by atoms with Gasteiger partial charge in [0.2, 0.25) is 0 Å². The molecule has 0 aliphatic carbocycles. The fourth-order valence-electron chi connectivity index (χ4n) is 1.74. The van der Waals surface area contributed by atoms with Gasteiger partial charge in [-0.3, -0.25) is 10.1 Å². The summed E-state index contributed by atoms with van der Waals surface area (Å²) in [6.45, 7) is 0.817. The summed E-state index contributed by atoms with van der Waals surface area (Å²) < 4.78 is 0.637. The molecule has 1 atom stereocenters. The summed E-state index contributed by atoms with van der Waals surface area (Å²) in [5.41, 5.74) is 0.866. The molecule has 2 N–H and O–H groups in total. The predicted molar refractivity (Wildman–Crippen MR) is 79.1 cm³/mol. The van der Waals surface area contributed by atoms with E-state index in [-0.39, 0.29) is 5.69 Å². The lowest BCUT2D eigenvalue weighted by molar-refractivity contribution is -0.384. The number of benzene rings is 1. The molecule has 0 amide bonds. The number of non-ortho nitro benzene ring substituents is 1. The van der Waals surface area contributed by atoms with Crippen LogP contribution in [0.25, 0.3) is 0 Å². The quantitative estimate of drug-likeness (QED) is 0.634. The first-order chi connectivity index (χ1) is 9.56. The monoisotopic (exact) mass is 312 g/mol. The molecule has 2 aromatic rings. The van der Waals surface area contributed by atoms with Crippen molar-refractivity contribution in [2.45, 2.75) is 12.6 Å². The smallest absolute Gasteiger partial charge is 0.269 e. The van der Waals surface area contributed by atoms with E-state index in [2.05, 4.69) is 5.32 Å². The van der Waals surface area contributed by atoms with E-state index in [1.54, 1.807) is 24.3 Å². The van der Waals surface area contributed by atoms with Gasteiger partial charge >= 0.3 is 0 Å². The van der Waals surface area contributed by atoms with Gasteiger partial charge in [0, 0.05) is 30.1 Å². The fraction of sp³-hybridized carbons (Fsp3) is 0.231. The van der Waals surface area contributed by atoms with Gasteiger partial charge in [0.1, 0.15) is 6.10 Å². The van der Waals surface area contributed by atoms with Crippen molar-refractivity contribution in [2.75, 3.05) is 6.54 Å². The molecule has 1 unspecified atom stereocenters. The minimum atomic E-state index is -0.633. The highest BCUT2D eigenvalue weighted by Gasteiger charge is 2.10. The van der Waals surface area contributed by atoms with Gasteiger partial charge in [0.15, 0.2) is 0 Å². The fourth-order valence-corrected chi connectivity index (χ4v) is 2.79. The highest BCUT2D eigenvalue weighted by Crippen LogP contribution is 2.26. The Balaban J connectivity index is 1.86. The first kappa shape index (κ1) is 14.9. The van der Waals surface area contributed by atoms with Crippen LogP contribution in [-0.4, -0.2) is 16.6 Å². The SMILES string of the molecule is O=[N+]([O-])c1cccc(CNCC(O)c2ccc(Cl)s2)c1. The number of nitro benzene ring substituents is 1. The standard InChI is InChI=1S/C13H13ClN2O3S/c14-13-5-4-12(20-13)11(17)8-15-7-9-2-1-3-10(6-9)16(18)19/h1-6,11,15,17H,7-8H2. The highest BCUT2D eigenvalue weighted by atomic mass is 35.5. The normalized spacial score (nSPS) is 12.3. The Kier molecular flexibility index (Phi) is 5.08. The van der Waals surface area contributed by atoms with Crippen LogP contribution in [0.5, 0.6) is 0 Å². The van der Waals surface area contributed by atoms with E-state index in [0.717, 1.165) is 10.4 Å². The number of hydrogen-bond acceptors (Lipinski definition) is 5.